The van der Waals surface area contributed by atoms with Crippen LogP contribution in [0.25, 0.3) is 0 Å². The van der Waals surface area contributed by atoms with Crippen LogP contribution in [0.3, 0.4) is 0 Å². The summed E-state index contributed by atoms with van der Waals surface area (Å²) in [4.78, 5) is 13.6. The third-order valence-electron chi connectivity index (χ3n) is 5.08. The van der Waals surface area contributed by atoms with Crippen molar-refractivity contribution in [2.45, 2.75) is 13.0 Å². The van der Waals surface area contributed by atoms with Crippen LogP contribution in [0.2, 0.25) is 0 Å². The molecule has 156 valence electrons. The molecule has 4 rings (SSSR count). The normalized spacial score (nSPS) is 11.1. The first-order chi connectivity index (χ1) is 15.3. The third kappa shape index (κ3) is 5.04. The van der Waals surface area contributed by atoms with Gasteiger partial charge in [-0.25, -0.2) is 0 Å². The van der Waals surface area contributed by atoms with Gasteiger partial charge in [-0.3, -0.25) is 9.54 Å². The summed E-state index contributed by atoms with van der Waals surface area (Å²) in [7, 11) is -2.23. The van der Waals surface area contributed by atoms with Crippen LogP contribution in [0.15, 0.2) is 113 Å². The van der Waals surface area contributed by atoms with E-state index in [1.807, 2.05) is 35.7 Å². The molecule has 0 aliphatic carbocycles. The van der Waals surface area contributed by atoms with E-state index in [1.165, 1.54) is 15.9 Å². The fourth-order valence-corrected chi connectivity index (χ4v) is 7.85. The van der Waals surface area contributed by atoms with E-state index in [4.69, 9.17) is 4.74 Å². The second kappa shape index (κ2) is 10.4. The highest BCUT2D eigenvalue weighted by Gasteiger charge is 2.26. The van der Waals surface area contributed by atoms with Crippen molar-refractivity contribution in [2.75, 3.05) is 6.54 Å². The average molecular weight is 445 g/mol. The van der Waals surface area contributed by atoms with Crippen molar-refractivity contribution >= 4 is 40.2 Å². The number of hydrogen-bond donors (Lipinski definition) is 1. The molecule has 1 heterocycles. The Bertz CT molecular complexity index is 1040. The molecule has 3 nitrogen and oxygen atoms in total. The van der Waals surface area contributed by atoms with Crippen LogP contribution in [0.1, 0.15) is 11.3 Å². The number of benzene rings is 3. The van der Waals surface area contributed by atoms with Gasteiger partial charge >= 0.3 is 0 Å². The van der Waals surface area contributed by atoms with Crippen LogP contribution in [-0.2, 0) is 11.3 Å². The van der Waals surface area contributed by atoms with Gasteiger partial charge in [-0.2, -0.15) is 0 Å². The number of amides is 1. The maximum Gasteiger partial charge on any atom is 0.222 e. The number of rotatable bonds is 8. The standard InChI is InChI=1S/C26H25N2OPS/c29-26(27-21-25-17-10-20-31-25)18-19-28-30(22-11-4-1-5-12-22,23-13-6-2-7-14-23)24-15-8-3-9-16-24/h1-17,20H,18-19,21H2,(H,27,29). The van der Waals surface area contributed by atoms with Gasteiger partial charge in [-0.05, 0) is 11.4 Å². The van der Waals surface area contributed by atoms with Gasteiger partial charge in [0, 0.05) is 33.8 Å². The lowest BCUT2D eigenvalue weighted by atomic mass is 10.4. The number of hydrogen-bond acceptors (Lipinski definition) is 3. The van der Waals surface area contributed by atoms with E-state index >= 15 is 0 Å². The quantitative estimate of drug-likeness (QED) is 0.385. The zero-order chi connectivity index (χ0) is 21.4. The molecule has 0 bridgehead atoms. The monoisotopic (exact) mass is 444 g/mol. The Hall–Kier alpha value is -2.94. The van der Waals surface area contributed by atoms with E-state index in [9.17, 15) is 4.79 Å². The van der Waals surface area contributed by atoms with Crippen LogP contribution in [0.5, 0.6) is 0 Å². The third-order valence-corrected chi connectivity index (χ3v) is 9.72. The Labute approximate surface area is 187 Å². The highest BCUT2D eigenvalue weighted by Crippen LogP contribution is 2.46. The molecule has 4 aromatic rings. The zero-order valence-electron chi connectivity index (χ0n) is 17.2. The molecule has 0 radical (unpaired) electrons. The second-order valence-electron chi connectivity index (χ2n) is 7.11. The van der Waals surface area contributed by atoms with Gasteiger partial charge in [-0.15, -0.1) is 11.3 Å². The summed E-state index contributed by atoms with van der Waals surface area (Å²) in [6.07, 6.45) is 0.375. The predicted molar refractivity (Wildman–Crippen MR) is 133 cm³/mol. The minimum Gasteiger partial charge on any atom is -0.351 e. The molecule has 0 spiro atoms. The van der Waals surface area contributed by atoms with Crippen molar-refractivity contribution in [3.63, 3.8) is 0 Å². The lowest BCUT2D eigenvalue weighted by Gasteiger charge is -2.27. The van der Waals surface area contributed by atoms with Crippen molar-refractivity contribution in [1.82, 2.24) is 5.32 Å². The fourth-order valence-electron chi connectivity index (χ4n) is 3.61. The van der Waals surface area contributed by atoms with Gasteiger partial charge in [-0.1, -0.05) is 97.1 Å². The summed E-state index contributed by atoms with van der Waals surface area (Å²) in [5.74, 6) is 0.0319. The van der Waals surface area contributed by atoms with Crippen molar-refractivity contribution in [1.29, 1.82) is 0 Å². The molecular weight excluding hydrogens is 419 g/mol. The summed E-state index contributed by atoms with van der Waals surface area (Å²) in [6, 6.07) is 35.5. The van der Waals surface area contributed by atoms with Crippen molar-refractivity contribution in [3.05, 3.63) is 113 Å². The molecule has 0 fully saturated rings. The second-order valence-corrected chi connectivity index (χ2v) is 11.2. The molecule has 1 amide bonds. The SMILES string of the molecule is O=C(CCN=P(c1ccccc1)(c1ccccc1)c1ccccc1)NCc1cccs1. The minimum absolute atomic E-state index is 0.0319. The highest BCUT2D eigenvalue weighted by molar-refractivity contribution is 7.87. The van der Waals surface area contributed by atoms with E-state index < -0.39 is 7.05 Å². The van der Waals surface area contributed by atoms with Gasteiger partial charge in [0.05, 0.1) is 13.6 Å². The van der Waals surface area contributed by atoms with Crippen LogP contribution < -0.4 is 21.2 Å². The minimum atomic E-state index is -2.23. The summed E-state index contributed by atoms with van der Waals surface area (Å²) < 4.78 is 5.30. The molecular formula is C26H25N2OPS. The highest BCUT2D eigenvalue weighted by atomic mass is 32.1. The molecule has 1 N–H and O–H groups in total. The molecule has 0 unspecified atom stereocenters. The molecule has 0 atom stereocenters. The Morgan fingerprint density at radius 3 is 1.71 bits per heavy atom. The van der Waals surface area contributed by atoms with Crippen molar-refractivity contribution < 1.29 is 4.79 Å². The molecule has 31 heavy (non-hydrogen) atoms. The Morgan fingerprint density at radius 2 is 1.26 bits per heavy atom. The van der Waals surface area contributed by atoms with Gasteiger partial charge in [0.1, 0.15) is 0 Å². The Kier molecular flexibility index (Phi) is 7.14. The molecule has 0 saturated heterocycles. The molecule has 3 aromatic carbocycles. The first-order valence-corrected chi connectivity index (χ1v) is 13.0. The number of nitrogens with zero attached hydrogens (tertiary/aromatic N) is 1. The average Bonchev–Trinajstić information content (AvgIpc) is 3.36. The molecule has 0 aliphatic rings. The summed E-state index contributed by atoms with van der Waals surface area (Å²) in [6.45, 7) is 1.05. The largest absolute Gasteiger partial charge is 0.351 e. The van der Waals surface area contributed by atoms with Gasteiger partial charge in [0.25, 0.3) is 0 Å². The van der Waals surface area contributed by atoms with Crippen LogP contribution in [-0.4, -0.2) is 12.5 Å². The maximum atomic E-state index is 12.5. The van der Waals surface area contributed by atoms with Gasteiger partial charge < -0.3 is 5.32 Å². The number of carbonyl (C=O) groups excluding carboxylic acids is 1. The van der Waals surface area contributed by atoms with Crippen molar-refractivity contribution in [3.8, 4) is 0 Å². The fraction of sp³-hybridized carbons (Fsp3) is 0.115. The van der Waals surface area contributed by atoms with E-state index in [0.29, 0.717) is 19.5 Å². The number of nitrogens with one attached hydrogen (secondary N) is 1. The molecule has 1 aromatic heterocycles. The number of thiophene rings is 1. The van der Waals surface area contributed by atoms with Crippen LogP contribution >= 0.6 is 18.4 Å². The number of carbonyl (C=O) groups is 1. The first-order valence-electron chi connectivity index (χ1n) is 10.3. The topological polar surface area (TPSA) is 41.5 Å². The van der Waals surface area contributed by atoms with Gasteiger partial charge in [0.2, 0.25) is 5.91 Å². The molecule has 0 aliphatic heterocycles. The lowest BCUT2D eigenvalue weighted by molar-refractivity contribution is -0.121. The van der Waals surface area contributed by atoms with Gasteiger partial charge in [0.15, 0.2) is 0 Å². The summed E-state index contributed by atoms with van der Waals surface area (Å²) in [5, 5.41) is 8.64. The summed E-state index contributed by atoms with van der Waals surface area (Å²) in [5.41, 5.74) is 0. The van der Waals surface area contributed by atoms with E-state index in [2.05, 4.69) is 78.1 Å². The first kappa shape index (κ1) is 21.3. The van der Waals surface area contributed by atoms with Crippen LogP contribution in [0, 0.1) is 0 Å². The van der Waals surface area contributed by atoms with E-state index in [0.717, 1.165) is 4.88 Å². The van der Waals surface area contributed by atoms with E-state index in [-0.39, 0.29) is 5.91 Å². The van der Waals surface area contributed by atoms with E-state index in [1.54, 1.807) is 11.3 Å². The smallest absolute Gasteiger partial charge is 0.222 e. The zero-order valence-corrected chi connectivity index (χ0v) is 18.9. The van der Waals surface area contributed by atoms with Crippen LogP contribution in [0.4, 0.5) is 0 Å². The maximum absolute atomic E-state index is 12.5. The molecule has 0 saturated carbocycles. The van der Waals surface area contributed by atoms with Crippen molar-refractivity contribution in [2.24, 2.45) is 4.74 Å². The molecule has 5 heteroatoms. The summed E-state index contributed by atoms with van der Waals surface area (Å²) >= 11 is 1.65. The predicted octanol–water partition coefficient (Wildman–Crippen LogP) is 4.93. The Balaban J connectivity index is 1.69. The Morgan fingerprint density at radius 1 is 0.742 bits per heavy atom. The lowest BCUT2D eigenvalue weighted by Crippen LogP contribution is -2.26.